The van der Waals surface area contributed by atoms with Crippen LogP contribution in [0.3, 0.4) is 0 Å². The summed E-state index contributed by atoms with van der Waals surface area (Å²) < 4.78 is 18.9. The zero-order valence-corrected chi connectivity index (χ0v) is 11.6. The first-order chi connectivity index (χ1) is 8.65. The van der Waals surface area contributed by atoms with Crippen molar-refractivity contribution >= 4 is 0 Å². The van der Waals surface area contributed by atoms with E-state index < -0.39 is 0 Å². The first kappa shape index (κ1) is 15.1. The monoisotopic (exact) mass is 253 g/mol. The molecular weight excluding hydrogens is 229 g/mol. The van der Waals surface area contributed by atoms with Gasteiger partial charge in [0.15, 0.2) is 0 Å². The molecule has 3 heteroatoms. The minimum atomic E-state index is -0.120. The Bertz CT molecular complexity index is 341. The van der Waals surface area contributed by atoms with Crippen molar-refractivity contribution in [3.63, 3.8) is 0 Å². The maximum Gasteiger partial charge on any atom is 0.126 e. The maximum absolute atomic E-state index is 13.8. The molecule has 0 bridgehead atoms. The Morgan fingerprint density at radius 2 is 1.94 bits per heavy atom. The summed E-state index contributed by atoms with van der Waals surface area (Å²) in [6, 6.07) is 7.01. The van der Waals surface area contributed by atoms with Gasteiger partial charge in [0.2, 0.25) is 0 Å². The number of halogens is 1. The molecule has 0 heterocycles. The number of nitrogens with one attached hydrogen (secondary N) is 1. The molecule has 1 rings (SSSR count). The summed E-state index contributed by atoms with van der Waals surface area (Å²) in [5.74, 6) is 0.656. The van der Waals surface area contributed by atoms with Crippen molar-refractivity contribution < 1.29 is 9.13 Å². The Morgan fingerprint density at radius 3 is 2.56 bits per heavy atom. The molecule has 1 atom stereocenters. The van der Waals surface area contributed by atoms with Gasteiger partial charge in [0.1, 0.15) is 5.82 Å². The number of ether oxygens (including phenoxy) is 1. The molecule has 0 amide bonds. The van der Waals surface area contributed by atoms with Gasteiger partial charge >= 0.3 is 0 Å². The van der Waals surface area contributed by atoms with Crippen LogP contribution >= 0.6 is 0 Å². The summed E-state index contributed by atoms with van der Waals surface area (Å²) in [6.07, 6.45) is 0.836. The Hall–Kier alpha value is -0.930. The van der Waals surface area contributed by atoms with Crippen LogP contribution in [0.1, 0.15) is 31.7 Å². The van der Waals surface area contributed by atoms with E-state index in [1.807, 2.05) is 12.1 Å². The molecular formula is C15H24FNO. The first-order valence-electron chi connectivity index (χ1n) is 6.59. The van der Waals surface area contributed by atoms with Crippen LogP contribution in [-0.4, -0.2) is 26.8 Å². The van der Waals surface area contributed by atoms with Crippen LogP contribution in [0.25, 0.3) is 0 Å². The number of rotatable bonds is 8. The minimum absolute atomic E-state index is 0.120. The molecule has 0 saturated heterocycles. The number of hydrogen-bond acceptors (Lipinski definition) is 2. The van der Waals surface area contributed by atoms with Gasteiger partial charge in [0.25, 0.3) is 0 Å². The summed E-state index contributed by atoms with van der Waals surface area (Å²) >= 11 is 0. The van der Waals surface area contributed by atoms with Crippen LogP contribution in [0.2, 0.25) is 0 Å². The fraction of sp³-hybridized carbons (Fsp3) is 0.600. The lowest BCUT2D eigenvalue weighted by Gasteiger charge is -2.19. The van der Waals surface area contributed by atoms with Crippen molar-refractivity contribution in [1.29, 1.82) is 0 Å². The second kappa shape index (κ2) is 8.22. The van der Waals surface area contributed by atoms with Crippen molar-refractivity contribution in [2.45, 2.75) is 26.2 Å². The van der Waals surface area contributed by atoms with Gasteiger partial charge in [0, 0.05) is 26.2 Å². The largest absolute Gasteiger partial charge is 0.385 e. The fourth-order valence-electron chi connectivity index (χ4n) is 1.98. The molecule has 18 heavy (non-hydrogen) atoms. The Morgan fingerprint density at radius 1 is 1.22 bits per heavy atom. The van der Waals surface area contributed by atoms with Crippen LogP contribution < -0.4 is 5.32 Å². The van der Waals surface area contributed by atoms with E-state index in [0.29, 0.717) is 12.5 Å². The predicted molar refractivity (Wildman–Crippen MR) is 73.3 cm³/mol. The van der Waals surface area contributed by atoms with Gasteiger partial charge in [0.05, 0.1) is 0 Å². The molecule has 0 aliphatic heterocycles. The molecule has 102 valence electrons. The Kier molecular flexibility index (Phi) is 6.91. The normalized spacial score (nSPS) is 12.9. The van der Waals surface area contributed by atoms with E-state index in [0.717, 1.165) is 25.1 Å². The summed E-state index contributed by atoms with van der Waals surface area (Å²) in [7, 11) is 1.68. The van der Waals surface area contributed by atoms with Crippen molar-refractivity contribution in [1.82, 2.24) is 5.32 Å². The quantitative estimate of drug-likeness (QED) is 0.768. The molecule has 1 unspecified atom stereocenters. The Balaban J connectivity index is 2.62. The van der Waals surface area contributed by atoms with Gasteiger partial charge in [-0.2, -0.15) is 0 Å². The smallest absolute Gasteiger partial charge is 0.126 e. The molecule has 1 N–H and O–H groups in total. The van der Waals surface area contributed by atoms with Gasteiger partial charge < -0.3 is 10.1 Å². The number of hydrogen-bond donors (Lipinski definition) is 1. The molecule has 1 aromatic carbocycles. The SMILES string of the molecule is COCCC(CNCC(C)C)c1ccccc1F. The molecule has 0 fully saturated rings. The lowest BCUT2D eigenvalue weighted by Crippen LogP contribution is -2.26. The van der Waals surface area contributed by atoms with Gasteiger partial charge in [-0.1, -0.05) is 32.0 Å². The highest BCUT2D eigenvalue weighted by Crippen LogP contribution is 2.22. The molecule has 0 saturated carbocycles. The second-order valence-corrected chi connectivity index (χ2v) is 5.05. The van der Waals surface area contributed by atoms with E-state index in [1.165, 1.54) is 6.07 Å². The second-order valence-electron chi connectivity index (χ2n) is 5.05. The third-order valence-electron chi connectivity index (χ3n) is 2.96. The van der Waals surface area contributed by atoms with Crippen LogP contribution in [0.4, 0.5) is 4.39 Å². The summed E-state index contributed by atoms with van der Waals surface area (Å²) in [6.45, 7) is 6.74. The van der Waals surface area contributed by atoms with E-state index in [-0.39, 0.29) is 11.7 Å². The summed E-state index contributed by atoms with van der Waals surface area (Å²) in [4.78, 5) is 0. The standard InChI is InChI=1S/C15H24FNO/c1-12(2)10-17-11-13(8-9-18-3)14-6-4-5-7-15(14)16/h4-7,12-13,17H,8-11H2,1-3H3. The van der Waals surface area contributed by atoms with Crippen molar-refractivity contribution in [3.05, 3.63) is 35.6 Å². The average Bonchev–Trinajstić information content (AvgIpc) is 2.34. The van der Waals surface area contributed by atoms with Gasteiger partial charge in [-0.15, -0.1) is 0 Å². The topological polar surface area (TPSA) is 21.3 Å². The molecule has 0 aromatic heterocycles. The molecule has 0 radical (unpaired) electrons. The van der Waals surface area contributed by atoms with Crippen molar-refractivity contribution in [3.8, 4) is 0 Å². The zero-order chi connectivity index (χ0) is 13.4. The highest BCUT2D eigenvalue weighted by molar-refractivity contribution is 5.22. The highest BCUT2D eigenvalue weighted by atomic mass is 19.1. The minimum Gasteiger partial charge on any atom is -0.385 e. The highest BCUT2D eigenvalue weighted by Gasteiger charge is 2.15. The van der Waals surface area contributed by atoms with Gasteiger partial charge in [-0.25, -0.2) is 4.39 Å². The van der Waals surface area contributed by atoms with Crippen LogP contribution in [0, 0.1) is 11.7 Å². The molecule has 0 aliphatic rings. The fourth-order valence-corrected chi connectivity index (χ4v) is 1.98. The van der Waals surface area contributed by atoms with Crippen LogP contribution in [0.5, 0.6) is 0 Å². The summed E-state index contributed by atoms with van der Waals surface area (Å²) in [5, 5.41) is 3.40. The third-order valence-corrected chi connectivity index (χ3v) is 2.96. The van der Waals surface area contributed by atoms with Gasteiger partial charge in [-0.3, -0.25) is 0 Å². The zero-order valence-electron chi connectivity index (χ0n) is 11.6. The molecule has 0 aliphatic carbocycles. The van der Waals surface area contributed by atoms with E-state index in [4.69, 9.17) is 4.74 Å². The first-order valence-corrected chi connectivity index (χ1v) is 6.59. The molecule has 0 spiro atoms. The van der Waals surface area contributed by atoms with Crippen LogP contribution in [0.15, 0.2) is 24.3 Å². The predicted octanol–water partition coefficient (Wildman–Crippen LogP) is 3.19. The van der Waals surface area contributed by atoms with E-state index in [9.17, 15) is 4.39 Å². The Labute approximate surface area is 110 Å². The van der Waals surface area contributed by atoms with E-state index in [2.05, 4.69) is 19.2 Å². The van der Waals surface area contributed by atoms with Gasteiger partial charge in [-0.05, 0) is 30.5 Å². The van der Waals surface area contributed by atoms with Crippen LogP contribution in [-0.2, 0) is 4.74 Å². The van der Waals surface area contributed by atoms with E-state index >= 15 is 0 Å². The number of benzene rings is 1. The third kappa shape index (κ3) is 5.15. The lowest BCUT2D eigenvalue weighted by molar-refractivity contribution is 0.186. The maximum atomic E-state index is 13.8. The number of methoxy groups -OCH3 is 1. The molecule has 2 nitrogen and oxygen atoms in total. The average molecular weight is 253 g/mol. The summed E-state index contributed by atoms with van der Waals surface area (Å²) in [5.41, 5.74) is 0.783. The van der Waals surface area contributed by atoms with E-state index in [1.54, 1.807) is 13.2 Å². The van der Waals surface area contributed by atoms with Crippen molar-refractivity contribution in [2.24, 2.45) is 5.92 Å². The van der Waals surface area contributed by atoms with Crippen molar-refractivity contribution in [2.75, 3.05) is 26.8 Å². The molecule has 1 aromatic rings. The lowest BCUT2D eigenvalue weighted by atomic mass is 9.95.